The minimum absolute atomic E-state index is 0.141. The van der Waals surface area contributed by atoms with E-state index in [2.05, 4.69) is 46.5 Å². The number of rotatable bonds is 11. The molecule has 0 radical (unpaired) electrons. The van der Waals surface area contributed by atoms with E-state index in [1.165, 1.54) is 42.6 Å². The van der Waals surface area contributed by atoms with E-state index >= 15 is 0 Å². The van der Waals surface area contributed by atoms with E-state index in [0.717, 1.165) is 40.2 Å². The standard InChI is InChI=1S/C40H44N4O4/c1-3-26-5-11-29(12-6-26)30-17-19-31(20-18-30)34-22-41-37(42-23-34)32-13-9-28(10-14-32)21-36(39(46)44-24-35(25-44)40(47)48)43-38(45)33-15-7-27(4-2)8-16-33/h7-10,13-20,22-23,26,29,35-36H,3-6,11-12,21,24-25H2,1-2H3,(H,43,45)(H,47,48)/t26?,29?,36-/m0/s1. The van der Waals surface area contributed by atoms with Crippen LogP contribution in [0.25, 0.3) is 22.5 Å². The molecule has 3 aromatic carbocycles. The van der Waals surface area contributed by atoms with Crippen LogP contribution < -0.4 is 5.32 Å². The van der Waals surface area contributed by atoms with Crippen LogP contribution in [0.1, 0.15) is 78.9 Å². The van der Waals surface area contributed by atoms with Gasteiger partial charge in [-0.05, 0) is 78.3 Å². The molecule has 1 saturated heterocycles. The molecule has 2 heterocycles. The predicted molar refractivity (Wildman–Crippen MR) is 186 cm³/mol. The summed E-state index contributed by atoms with van der Waals surface area (Å²) in [5.41, 5.74) is 6.78. The van der Waals surface area contributed by atoms with Gasteiger partial charge in [0.1, 0.15) is 6.04 Å². The van der Waals surface area contributed by atoms with Gasteiger partial charge in [-0.25, -0.2) is 9.97 Å². The number of aliphatic carboxylic acids is 1. The molecule has 4 aromatic rings. The monoisotopic (exact) mass is 644 g/mol. The molecule has 0 spiro atoms. The van der Waals surface area contributed by atoms with E-state index in [1.54, 1.807) is 12.1 Å². The molecule has 1 aromatic heterocycles. The second-order valence-electron chi connectivity index (χ2n) is 13.3. The number of aryl methyl sites for hydroxylation is 1. The van der Waals surface area contributed by atoms with E-state index < -0.39 is 17.9 Å². The minimum Gasteiger partial charge on any atom is -0.481 e. The molecule has 6 rings (SSSR count). The van der Waals surface area contributed by atoms with E-state index in [0.29, 0.717) is 17.3 Å². The minimum atomic E-state index is -0.917. The number of aromatic nitrogens is 2. The highest BCUT2D eigenvalue weighted by Gasteiger charge is 2.38. The summed E-state index contributed by atoms with van der Waals surface area (Å²) >= 11 is 0. The van der Waals surface area contributed by atoms with Crippen molar-refractivity contribution < 1.29 is 19.5 Å². The Kier molecular flexibility index (Phi) is 10.3. The molecule has 1 saturated carbocycles. The van der Waals surface area contributed by atoms with E-state index in [4.69, 9.17) is 0 Å². The molecule has 1 aliphatic heterocycles. The van der Waals surface area contributed by atoms with Crippen molar-refractivity contribution in [2.24, 2.45) is 11.8 Å². The van der Waals surface area contributed by atoms with Crippen molar-refractivity contribution in [2.75, 3.05) is 13.1 Å². The molecule has 1 atom stereocenters. The summed E-state index contributed by atoms with van der Waals surface area (Å²) in [6.07, 6.45) is 11.3. The van der Waals surface area contributed by atoms with E-state index in [-0.39, 0.29) is 31.3 Å². The van der Waals surface area contributed by atoms with Gasteiger partial charge in [-0.1, -0.05) is 80.9 Å². The first-order valence-corrected chi connectivity index (χ1v) is 17.2. The van der Waals surface area contributed by atoms with Crippen LogP contribution in [-0.4, -0.2) is 56.9 Å². The molecular formula is C40H44N4O4. The third-order valence-corrected chi connectivity index (χ3v) is 10.2. The summed E-state index contributed by atoms with van der Waals surface area (Å²) in [6.45, 7) is 4.63. The van der Waals surface area contributed by atoms with Gasteiger partial charge in [-0.2, -0.15) is 0 Å². The third kappa shape index (κ3) is 7.64. The third-order valence-electron chi connectivity index (χ3n) is 10.2. The predicted octanol–water partition coefficient (Wildman–Crippen LogP) is 6.94. The first-order valence-electron chi connectivity index (χ1n) is 17.2. The summed E-state index contributed by atoms with van der Waals surface area (Å²) in [7, 11) is 0. The van der Waals surface area contributed by atoms with Gasteiger partial charge in [0, 0.05) is 48.6 Å². The number of likely N-dealkylation sites (tertiary alicyclic amines) is 1. The molecule has 2 amide bonds. The number of nitrogens with zero attached hydrogens (tertiary/aromatic N) is 3. The number of amides is 2. The van der Waals surface area contributed by atoms with Crippen molar-refractivity contribution in [3.05, 3.63) is 107 Å². The van der Waals surface area contributed by atoms with Gasteiger partial charge < -0.3 is 15.3 Å². The Morgan fingerprint density at radius 1 is 0.792 bits per heavy atom. The van der Waals surface area contributed by atoms with Crippen molar-refractivity contribution in [1.29, 1.82) is 0 Å². The maximum atomic E-state index is 13.4. The number of carboxylic acid groups (broad SMARTS) is 1. The van der Waals surface area contributed by atoms with Gasteiger partial charge in [0.15, 0.2) is 5.82 Å². The van der Waals surface area contributed by atoms with Crippen LogP contribution in [0.15, 0.2) is 85.2 Å². The van der Waals surface area contributed by atoms with Gasteiger partial charge >= 0.3 is 5.97 Å². The first-order chi connectivity index (χ1) is 23.3. The Labute approximate surface area is 282 Å². The highest BCUT2D eigenvalue weighted by atomic mass is 16.4. The number of nitrogens with one attached hydrogen (secondary N) is 1. The summed E-state index contributed by atoms with van der Waals surface area (Å²) in [6, 6.07) is 23.0. The fourth-order valence-corrected chi connectivity index (χ4v) is 6.87. The van der Waals surface area contributed by atoms with Gasteiger partial charge in [-0.3, -0.25) is 14.4 Å². The van der Waals surface area contributed by atoms with Crippen molar-refractivity contribution in [1.82, 2.24) is 20.2 Å². The molecule has 2 fully saturated rings. The highest BCUT2D eigenvalue weighted by Crippen LogP contribution is 2.37. The van der Waals surface area contributed by atoms with Gasteiger partial charge in [0.05, 0.1) is 5.92 Å². The molecule has 248 valence electrons. The molecule has 8 heteroatoms. The lowest BCUT2D eigenvalue weighted by Gasteiger charge is -2.39. The normalized spacial score (nSPS) is 18.5. The lowest BCUT2D eigenvalue weighted by atomic mass is 9.78. The zero-order valence-corrected chi connectivity index (χ0v) is 27.8. The summed E-state index contributed by atoms with van der Waals surface area (Å²) < 4.78 is 0. The smallest absolute Gasteiger partial charge is 0.310 e. The van der Waals surface area contributed by atoms with Crippen LogP contribution >= 0.6 is 0 Å². The van der Waals surface area contributed by atoms with Crippen LogP contribution in [0.3, 0.4) is 0 Å². The highest BCUT2D eigenvalue weighted by molar-refractivity contribution is 5.98. The second kappa shape index (κ2) is 14.9. The largest absolute Gasteiger partial charge is 0.481 e. The molecule has 0 unspecified atom stereocenters. The molecule has 0 bridgehead atoms. The Morgan fingerprint density at radius 3 is 1.98 bits per heavy atom. The Hall–Kier alpha value is -4.85. The van der Waals surface area contributed by atoms with Crippen LogP contribution in [0.5, 0.6) is 0 Å². The van der Waals surface area contributed by atoms with E-state index in [1.807, 2.05) is 55.7 Å². The van der Waals surface area contributed by atoms with Crippen molar-refractivity contribution >= 4 is 17.8 Å². The maximum absolute atomic E-state index is 13.4. The number of hydrogen-bond acceptors (Lipinski definition) is 5. The Morgan fingerprint density at radius 2 is 1.40 bits per heavy atom. The average Bonchev–Trinajstić information content (AvgIpc) is 3.11. The van der Waals surface area contributed by atoms with Gasteiger partial charge in [0.2, 0.25) is 5.91 Å². The zero-order chi connectivity index (χ0) is 33.6. The molecule has 2 N–H and O–H groups in total. The van der Waals surface area contributed by atoms with Crippen molar-refractivity contribution in [3.63, 3.8) is 0 Å². The maximum Gasteiger partial charge on any atom is 0.310 e. The fraction of sp³-hybridized carbons (Fsp3) is 0.375. The topological polar surface area (TPSA) is 112 Å². The average molecular weight is 645 g/mol. The number of benzene rings is 3. The number of carboxylic acids is 1. The van der Waals surface area contributed by atoms with Crippen LogP contribution in [0, 0.1) is 11.8 Å². The van der Waals surface area contributed by atoms with Crippen molar-refractivity contribution in [2.45, 2.75) is 70.8 Å². The fourth-order valence-electron chi connectivity index (χ4n) is 6.87. The number of carbonyl (C=O) groups is 3. The number of hydrogen-bond donors (Lipinski definition) is 2. The molecular weight excluding hydrogens is 600 g/mol. The van der Waals surface area contributed by atoms with Crippen LogP contribution in [-0.2, 0) is 22.4 Å². The number of carbonyl (C=O) groups excluding carboxylic acids is 2. The molecule has 8 nitrogen and oxygen atoms in total. The van der Waals surface area contributed by atoms with Crippen molar-refractivity contribution in [3.8, 4) is 22.5 Å². The zero-order valence-electron chi connectivity index (χ0n) is 27.8. The Bertz CT molecular complexity index is 1710. The van der Waals surface area contributed by atoms with E-state index in [9.17, 15) is 19.5 Å². The molecule has 48 heavy (non-hydrogen) atoms. The first kappa shape index (κ1) is 33.1. The molecule has 2 aliphatic rings. The molecule has 1 aliphatic carbocycles. The lowest BCUT2D eigenvalue weighted by Crippen LogP contribution is -2.59. The van der Waals surface area contributed by atoms with Gasteiger partial charge in [0.25, 0.3) is 5.91 Å². The van der Waals surface area contributed by atoms with Crippen LogP contribution in [0.4, 0.5) is 0 Å². The second-order valence-corrected chi connectivity index (χ2v) is 13.3. The lowest BCUT2D eigenvalue weighted by molar-refractivity contribution is -0.153. The summed E-state index contributed by atoms with van der Waals surface area (Å²) in [5.74, 6) is 0.0285. The SMILES string of the molecule is CCc1ccc(C(=O)N[C@@H](Cc2ccc(-c3ncc(-c4ccc(C5CCC(CC)CC5)cc4)cn3)cc2)C(=O)N2CC(C(=O)O)C2)cc1. The van der Waals surface area contributed by atoms with Gasteiger partial charge in [-0.15, -0.1) is 0 Å². The summed E-state index contributed by atoms with van der Waals surface area (Å²) in [5, 5.41) is 12.2. The Balaban J connectivity index is 1.11. The van der Waals surface area contributed by atoms with Crippen LogP contribution in [0.2, 0.25) is 0 Å². The quantitative estimate of drug-likeness (QED) is 0.183. The summed E-state index contributed by atoms with van der Waals surface area (Å²) in [4.78, 5) is 48.7.